The maximum Gasteiger partial charge on any atom is 0.175 e. The van der Waals surface area contributed by atoms with Gasteiger partial charge in [0.1, 0.15) is 5.52 Å². The topological polar surface area (TPSA) is 50.9 Å². The quantitative estimate of drug-likeness (QED) is 0.750. The highest BCUT2D eigenvalue weighted by molar-refractivity contribution is 7.71. The zero-order chi connectivity index (χ0) is 11.8. The summed E-state index contributed by atoms with van der Waals surface area (Å²) in [5, 5.41) is 0. The number of H-pyrrole nitrogens is 2. The second-order valence-corrected chi connectivity index (χ2v) is 4.83. The second kappa shape index (κ2) is 4.12. The summed E-state index contributed by atoms with van der Waals surface area (Å²) >= 11 is 5.13. The molecule has 0 aliphatic carbocycles. The summed E-state index contributed by atoms with van der Waals surface area (Å²) in [6, 6.07) is 1.95. The summed E-state index contributed by atoms with van der Waals surface area (Å²) in [6.07, 6.45) is 1.83. The van der Waals surface area contributed by atoms with Crippen molar-refractivity contribution in [2.45, 2.75) is 0 Å². The molecule has 0 unspecified atom stereocenters. The summed E-state index contributed by atoms with van der Waals surface area (Å²) in [7, 11) is 2.15. The Balaban J connectivity index is 2.02. The molecule has 0 aromatic carbocycles. The van der Waals surface area contributed by atoms with Gasteiger partial charge in [-0.1, -0.05) is 0 Å². The molecule has 17 heavy (non-hydrogen) atoms. The van der Waals surface area contributed by atoms with Crippen LogP contribution in [0.5, 0.6) is 0 Å². The van der Waals surface area contributed by atoms with Gasteiger partial charge in [-0.15, -0.1) is 0 Å². The molecule has 2 aromatic rings. The van der Waals surface area contributed by atoms with Crippen molar-refractivity contribution in [3.05, 3.63) is 17.0 Å². The maximum atomic E-state index is 5.13. The van der Waals surface area contributed by atoms with Crippen LogP contribution in [0.1, 0.15) is 0 Å². The number of nitrogens with one attached hydrogen (secondary N) is 2. The van der Waals surface area contributed by atoms with Gasteiger partial charge in [-0.25, -0.2) is 4.98 Å². The lowest BCUT2D eigenvalue weighted by molar-refractivity contribution is 0.312. The number of aromatic nitrogens is 3. The minimum atomic E-state index is 0.656. The number of rotatable bonds is 1. The number of piperazine rings is 1. The van der Waals surface area contributed by atoms with Crippen molar-refractivity contribution < 1.29 is 0 Å². The lowest BCUT2D eigenvalue weighted by Crippen LogP contribution is -2.44. The number of nitrogens with zero attached hydrogens (tertiary/aromatic N) is 3. The minimum absolute atomic E-state index is 0.656. The first kappa shape index (κ1) is 10.7. The van der Waals surface area contributed by atoms with E-state index in [9.17, 15) is 0 Å². The largest absolute Gasteiger partial charge is 0.352 e. The molecule has 0 radical (unpaired) electrons. The number of imidazole rings is 1. The van der Waals surface area contributed by atoms with Gasteiger partial charge in [0.25, 0.3) is 0 Å². The Hall–Kier alpha value is -1.40. The van der Waals surface area contributed by atoms with E-state index in [1.165, 1.54) is 0 Å². The molecule has 3 rings (SSSR count). The molecule has 2 aromatic heterocycles. The van der Waals surface area contributed by atoms with Crippen LogP contribution in [-0.4, -0.2) is 53.1 Å². The first-order valence-corrected chi connectivity index (χ1v) is 6.15. The lowest BCUT2D eigenvalue weighted by Gasteiger charge is -2.33. The van der Waals surface area contributed by atoms with Crippen LogP contribution in [-0.2, 0) is 0 Å². The molecule has 0 spiro atoms. The lowest BCUT2D eigenvalue weighted by atomic mass is 10.3. The molecular weight excluding hydrogens is 234 g/mol. The van der Waals surface area contributed by atoms with E-state index in [4.69, 9.17) is 12.2 Å². The van der Waals surface area contributed by atoms with Gasteiger partial charge in [-0.3, -0.25) is 0 Å². The zero-order valence-corrected chi connectivity index (χ0v) is 10.5. The van der Waals surface area contributed by atoms with E-state index in [0.717, 1.165) is 43.0 Å². The van der Waals surface area contributed by atoms with Gasteiger partial charge in [-0.05, 0) is 25.3 Å². The van der Waals surface area contributed by atoms with Crippen molar-refractivity contribution in [2.24, 2.45) is 0 Å². The normalized spacial score (nSPS) is 17.8. The third-order valence-corrected chi connectivity index (χ3v) is 3.42. The zero-order valence-electron chi connectivity index (χ0n) is 9.73. The van der Waals surface area contributed by atoms with Gasteiger partial charge < -0.3 is 19.8 Å². The fourth-order valence-electron chi connectivity index (χ4n) is 2.20. The molecule has 2 N–H and O–H groups in total. The van der Waals surface area contributed by atoms with E-state index < -0.39 is 0 Å². The predicted molar refractivity (Wildman–Crippen MR) is 71.0 cm³/mol. The SMILES string of the molecule is CN1CCN(c2nccc3[nH]c(=S)[nH]c23)CC1. The van der Waals surface area contributed by atoms with Crippen molar-refractivity contribution in [3.8, 4) is 0 Å². The van der Waals surface area contributed by atoms with Crippen LogP contribution in [0.3, 0.4) is 0 Å². The van der Waals surface area contributed by atoms with Gasteiger partial charge in [0, 0.05) is 32.4 Å². The van der Waals surface area contributed by atoms with Crippen LogP contribution in [0.2, 0.25) is 0 Å². The van der Waals surface area contributed by atoms with E-state index in [2.05, 4.69) is 31.8 Å². The number of pyridine rings is 1. The van der Waals surface area contributed by atoms with Gasteiger partial charge >= 0.3 is 0 Å². The molecule has 0 atom stereocenters. The van der Waals surface area contributed by atoms with Crippen molar-refractivity contribution >= 4 is 29.1 Å². The van der Waals surface area contributed by atoms with Crippen LogP contribution in [0.4, 0.5) is 5.82 Å². The molecule has 1 aliphatic rings. The Bertz CT molecular complexity index is 579. The predicted octanol–water partition coefficient (Wildman–Crippen LogP) is 1.37. The maximum absolute atomic E-state index is 5.13. The fourth-order valence-corrected chi connectivity index (χ4v) is 2.42. The fraction of sp³-hybridized carbons (Fsp3) is 0.455. The Labute approximate surface area is 104 Å². The molecule has 3 heterocycles. The number of hydrogen-bond donors (Lipinski definition) is 2. The molecule has 0 saturated carbocycles. The van der Waals surface area contributed by atoms with Crippen LogP contribution >= 0.6 is 12.2 Å². The van der Waals surface area contributed by atoms with Crippen molar-refractivity contribution in [3.63, 3.8) is 0 Å². The summed E-state index contributed by atoms with van der Waals surface area (Å²) in [5.41, 5.74) is 2.04. The number of fused-ring (bicyclic) bond motifs is 1. The van der Waals surface area contributed by atoms with Crippen molar-refractivity contribution in [1.29, 1.82) is 0 Å². The van der Waals surface area contributed by atoms with E-state index in [0.29, 0.717) is 4.77 Å². The first-order valence-electron chi connectivity index (χ1n) is 5.74. The highest BCUT2D eigenvalue weighted by Crippen LogP contribution is 2.22. The summed E-state index contributed by atoms with van der Waals surface area (Å²) in [5.74, 6) is 1.00. The number of hydrogen-bond acceptors (Lipinski definition) is 4. The average molecular weight is 249 g/mol. The summed E-state index contributed by atoms with van der Waals surface area (Å²) in [4.78, 5) is 15.4. The van der Waals surface area contributed by atoms with Crippen LogP contribution in [0.25, 0.3) is 11.0 Å². The summed E-state index contributed by atoms with van der Waals surface area (Å²) in [6.45, 7) is 4.16. The van der Waals surface area contributed by atoms with Crippen LogP contribution in [0, 0.1) is 4.77 Å². The third-order valence-electron chi connectivity index (χ3n) is 3.22. The number of anilines is 1. The standard InChI is InChI=1S/C11H15N5S/c1-15-4-6-16(7-5-15)10-9-8(2-3-12-10)13-11(17)14-9/h2-3H,4-7H2,1H3,(H2,13,14,17). The smallest absolute Gasteiger partial charge is 0.175 e. The van der Waals surface area contributed by atoms with E-state index in [1.54, 1.807) is 0 Å². The molecule has 0 bridgehead atoms. The van der Waals surface area contributed by atoms with Gasteiger partial charge in [0.05, 0.1) is 5.52 Å². The molecule has 1 fully saturated rings. The van der Waals surface area contributed by atoms with E-state index >= 15 is 0 Å². The van der Waals surface area contributed by atoms with Crippen molar-refractivity contribution in [1.82, 2.24) is 19.9 Å². The average Bonchev–Trinajstić information content (AvgIpc) is 2.70. The number of aromatic amines is 2. The molecule has 6 heteroatoms. The van der Waals surface area contributed by atoms with Gasteiger partial charge in [0.15, 0.2) is 10.6 Å². The van der Waals surface area contributed by atoms with Gasteiger partial charge in [-0.2, -0.15) is 0 Å². The molecule has 90 valence electrons. The monoisotopic (exact) mass is 249 g/mol. The second-order valence-electron chi connectivity index (χ2n) is 4.43. The molecular formula is C11H15N5S. The third kappa shape index (κ3) is 1.94. The van der Waals surface area contributed by atoms with Crippen molar-refractivity contribution in [2.75, 3.05) is 38.1 Å². The highest BCUT2D eigenvalue weighted by atomic mass is 32.1. The van der Waals surface area contributed by atoms with Gasteiger partial charge in [0.2, 0.25) is 0 Å². The molecule has 1 aliphatic heterocycles. The van der Waals surface area contributed by atoms with E-state index in [-0.39, 0.29) is 0 Å². The Morgan fingerprint density at radius 3 is 2.76 bits per heavy atom. The highest BCUT2D eigenvalue weighted by Gasteiger charge is 2.17. The van der Waals surface area contributed by atoms with Crippen LogP contribution in [0.15, 0.2) is 12.3 Å². The molecule has 5 nitrogen and oxygen atoms in total. The summed E-state index contributed by atoms with van der Waals surface area (Å²) < 4.78 is 0.656. The Morgan fingerprint density at radius 1 is 1.24 bits per heavy atom. The Morgan fingerprint density at radius 2 is 2.00 bits per heavy atom. The molecule has 1 saturated heterocycles. The Kier molecular flexibility index (Phi) is 2.60. The van der Waals surface area contributed by atoms with E-state index in [1.807, 2.05) is 12.3 Å². The molecule has 0 amide bonds. The van der Waals surface area contributed by atoms with Crippen LogP contribution < -0.4 is 4.90 Å². The minimum Gasteiger partial charge on any atom is -0.352 e. The number of likely N-dealkylation sites (N-methyl/N-ethyl adjacent to an activating group) is 1. The first-order chi connectivity index (χ1) is 8.24.